The quantitative estimate of drug-likeness (QED) is 0.773. The van der Waals surface area contributed by atoms with E-state index in [4.69, 9.17) is 0 Å². The highest BCUT2D eigenvalue weighted by Gasteiger charge is 2.48. The number of hydrogen-bond acceptors (Lipinski definition) is 3. The van der Waals surface area contributed by atoms with Gasteiger partial charge in [0.05, 0.1) is 12.0 Å². The van der Waals surface area contributed by atoms with Crippen molar-refractivity contribution in [3.8, 4) is 0 Å². The van der Waals surface area contributed by atoms with Gasteiger partial charge in [-0.05, 0) is 57.4 Å². The topological polar surface area (TPSA) is 43.9 Å². The molecule has 146 valence electrons. The van der Waals surface area contributed by atoms with Crippen molar-refractivity contribution < 1.29 is 9.59 Å². The van der Waals surface area contributed by atoms with Gasteiger partial charge in [0.2, 0.25) is 11.8 Å². The zero-order chi connectivity index (χ0) is 18.0. The minimum Gasteiger partial charge on any atom is -0.342 e. The van der Waals surface area contributed by atoms with Crippen LogP contribution in [0.1, 0.15) is 64.2 Å². The summed E-state index contributed by atoms with van der Waals surface area (Å²) in [6.07, 6.45) is 11.8. The van der Waals surface area contributed by atoms with E-state index < -0.39 is 0 Å². The highest BCUT2D eigenvalue weighted by atomic mass is 16.2. The average molecular weight is 362 g/mol. The molecule has 3 aliphatic heterocycles. The van der Waals surface area contributed by atoms with Crippen molar-refractivity contribution in [1.82, 2.24) is 14.7 Å². The monoisotopic (exact) mass is 361 g/mol. The third-order valence-corrected chi connectivity index (χ3v) is 7.28. The molecule has 5 nitrogen and oxygen atoms in total. The average Bonchev–Trinajstić information content (AvgIpc) is 2.82. The predicted octanol–water partition coefficient (Wildman–Crippen LogP) is 2.50. The van der Waals surface area contributed by atoms with E-state index in [-0.39, 0.29) is 11.3 Å². The zero-order valence-electron chi connectivity index (χ0n) is 16.3. The van der Waals surface area contributed by atoms with E-state index in [1.165, 1.54) is 32.1 Å². The highest BCUT2D eigenvalue weighted by molar-refractivity contribution is 5.84. The first-order valence-corrected chi connectivity index (χ1v) is 11.0. The van der Waals surface area contributed by atoms with Crippen LogP contribution in [-0.2, 0) is 9.59 Å². The number of amides is 2. The van der Waals surface area contributed by atoms with Crippen LogP contribution in [0.25, 0.3) is 0 Å². The Morgan fingerprint density at radius 1 is 0.923 bits per heavy atom. The van der Waals surface area contributed by atoms with Gasteiger partial charge in [-0.1, -0.05) is 19.3 Å². The second-order valence-electron chi connectivity index (χ2n) is 9.19. The summed E-state index contributed by atoms with van der Waals surface area (Å²) in [7, 11) is 0. The molecule has 5 heteroatoms. The van der Waals surface area contributed by atoms with Gasteiger partial charge >= 0.3 is 0 Å². The van der Waals surface area contributed by atoms with Crippen molar-refractivity contribution in [1.29, 1.82) is 0 Å². The van der Waals surface area contributed by atoms with E-state index in [1.807, 2.05) is 0 Å². The summed E-state index contributed by atoms with van der Waals surface area (Å²) in [6.45, 7) is 5.99. The molecule has 0 bridgehead atoms. The number of carbonyl (C=O) groups is 2. The highest BCUT2D eigenvalue weighted by Crippen LogP contribution is 2.41. The summed E-state index contributed by atoms with van der Waals surface area (Å²) in [4.78, 5) is 32.4. The van der Waals surface area contributed by atoms with Crippen molar-refractivity contribution >= 4 is 11.8 Å². The second kappa shape index (κ2) is 7.87. The van der Waals surface area contributed by atoms with Crippen molar-refractivity contribution in [3.63, 3.8) is 0 Å². The first-order valence-electron chi connectivity index (χ1n) is 11.0. The molecule has 0 N–H and O–H groups in total. The Morgan fingerprint density at radius 3 is 2.38 bits per heavy atom. The minimum atomic E-state index is -0.193. The van der Waals surface area contributed by atoms with Crippen LogP contribution in [0.2, 0.25) is 0 Å². The number of hydrogen-bond donors (Lipinski definition) is 0. The molecule has 0 aromatic heterocycles. The maximum absolute atomic E-state index is 13.2. The van der Waals surface area contributed by atoms with Crippen LogP contribution in [0.4, 0.5) is 0 Å². The largest absolute Gasteiger partial charge is 0.342 e. The van der Waals surface area contributed by atoms with Gasteiger partial charge in [-0.3, -0.25) is 14.5 Å². The molecule has 0 aromatic rings. The van der Waals surface area contributed by atoms with E-state index in [9.17, 15) is 9.59 Å². The fourth-order valence-electron chi connectivity index (χ4n) is 5.40. The van der Waals surface area contributed by atoms with Gasteiger partial charge in [-0.2, -0.15) is 0 Å². The number of carbonyl (C=O) groups excluding carboxylic acids is 2. The molecule has 1 spiro atoms. The van der Waals surface area contributed by atoms with Crippen molar-refractivity contribution in [2.24, 2.45) is 11.3 Å². The predicted molar refractivity (Wildman–Crippen MR) is 102 cm³/mol. The molecule has 3 heterocycles. The molecular formula is C21H35N3O2. The Morgan fingerprint density at radius 2 is 1.69 bits per heavy atom. The fourth-order valence-corrected chi connectivity index (χ4v) is 5.40. The first kappa shape index (κ1) is 18.3. The Kier molecular flexibility index (Phi) is 5.53. The molecule has 0 radical (unpaired) electrons. The van der Waals surface area contributed by atoms with Crippen molar-refractivity contribution in [3.05, 3.63) is 0 Å². The third-order valence-electron chi connectivity index (χ3n) is 7.28. The maximum Gasteiger partial charge on any atom is 0.236 e. The van der Waals surface area contributed by atoms with Gasteiger partial charge in [0.25, 0.3) is 0 Å². The van der Waals surface area contributed by atoms with Crippen LogP contribution in [-0.4, -0.2) is 72.3 Å². The van der Waals surface area contributed by atoms with E-state index in [0.717, 1.165) is 77.3 Å². The molecule has 1 saturated carbocycles. The lowest BCUT2D eigenvalue weighted by Gasteiger charge is -2.42. The molecule has 0 aromatic carbocycles. The van der Waals surface area contributed by atoms with Crippen LogP contribution < -0.4 is 0 Å². The van der Waals surface area contributed by atoms with E-state index in [0.29, 0.717) is 12.5 Å². The molecule has 1 atom stereocenters. The van der Waals surface area contributed by atoms with Crippen molar-refractivity contribution in [2.75, 3.05) is 45.8 Å². The van der Waals surface area contributed by atoms with Gasteiger partial charge in [0.1, 0.15) is 0 Å². The van der Waals surface area contributed by atoms with E-state index >= 15 is 0 Å². The van der Waals surface area contributed by atoms with Gasteiger partial charge in [0, 0.05) is 32.7 Å². The number of piperidine rings is 1. The summed E-state index contributed by atoms with van der Waals surface area (Å²) in [5.41, 5.74) is -0.193. The van der Waals surface area contributed by atoms with E-state index in [2.05, 4.69) is 14.7 Å². The molecule has 4 fully saturated rings. The number of rotatable bonds is 4. The Bertz CT molecular complexity index is 525. The summed E-state index contributed by atoms with van der Waals surface area (Å²) in [5.74, 6) is 1.41. The van der Waals surface area contributed by atoms with Crippen LogP contribution >= 0.6 is 0 Å². The summed E-state index contributed by atoms with van der Waals surface area (Å²) >= 11 is 0. The molecule has 2 amide bonds. The molecule has 0 unspecified atom stereocenters. The second-order valence-corrected chi connectivity index (χ2v) is 9.19. The normalized spacial score (nSPS) is 31.3. The Balaban J connectivity index is 1.32. The summed E-state index contributed by atoms with van der Waals surface area (Å²) in [5, 5.41) is 0. The molecular weight excluding hydrogens is 326 g/mol. The summed E-state index contributed by atoms with van der Waals surface area (Å²) < 4.78 is 0. The smallest absolute Gasteiger partial charge is 0.236 e. The van der Waals surface area contributed by atoms with Gasteiger partial charge in [-0.15, -0.1) is 0 Å². The maximum atomic E-state index is 13.2. The molecule has 4 rings (SSSR count). The zero-order valence-corrected chi connectivity index (χ0v) is 16.3. The van der Waals surface area contributed by atoms with Gasteiger partial charge in [-0.25, -0.2) is 0 Å². The fraction of sp³-hybridized carbons (Fsp3) is 0.905. The lowest BCUT2D eigenvalue weighted by molar-refractivity contribution is -0.147. The summed E-state index contributed by atoms with van der Waals surface area (Å²) in [6, 6.07) is 0. The number of nitrogens with zero attached hydrogens (tertiary/aromatic N) is 3. The van der Waals surface area contributed by atoms with Crippen LogP contribution in [0.15, 0.2) is 0 Å². The van der Waals surface area contributed by atoms with Gasteiger partial charge in [0.15, 0.2) is 0 Å². The van der Waals surface area contributed by atoms with E-state index in [1.54, 1.807) is 0 Å². The lowest BCUT2D eigenvalue weighted by Crippen LogP contribution is -2.52. The number of likely N-dealkylation sites (tertiary alicyclic amines) is 3. The third kappa shape index (κ3) is 3.78. The standard InChI is InChI=1S/C21H35N3O2/c25-19(23-11-3-1-2-4-12-23)16-22-14-10-21(17-22)9-6-13-24(20(21)26)15-18-7-5-8-18/h18H,1-17H2/t21-/m0/s1. The molecule has 3 saturated heterocycles. The Labute approximate surface area is 158 Å². The lowest BCUT2D eigenvalue weighted by atomic mass is 9.77. The minimum absolute atomic E-state index is 0.193. The van der Waals surface area contributed by atoms with Crippen LogP contribution in [0.5, 0.6) is 0 Å². The van der Waals surface area contributed by atoms with Gasteiger partial charge < -0.3 is 9.80 Å². The Hall–Kier alpha value is -1.10. The first-order chi connectivity index (χ1) is 12.7. The molecule has 26 heavy (non-hydrogen) atoms. The van der Waals surface area contributed by atoms with Crippen LogP contribution in [0.3, 0.4) is 0 Å². The molecule has 4 aliphatic rings. The molecule has 1 aliphatic carbocycles. The SMILES string of the molecule is O=C(CN1CC[C@@]2(CCCN(CC3CCC3)C2=O)C1)N1CCCCCC1. The van der Waals surface area contributed by atoms with Crippen molar-refractivity contribution in [2.45, 2.75) is 64.2 Å². The van der Waals surface area contributed by atoms with Crippen LogP contribution in [0, 0.1) is 11.3 Å².